The van der Waals surface area contributed by atoms with Crippen molar-refractivity contribution in [2.45, 2.75) is 37.5 Å². The van der Waals surface area contributed by atoms with Crippen LogP contribution in [-0.4, -0.2) is 35.0 Å². The van der Waals surface area contributed by atoms with Gasteiger partial charge in [0.1, 0.15) is 0 Å². The Bertz CT molecular complexity index is 705. The largest absolute Gasteiger partial charge is 0.465 e. The summed E-state index contributed by atoms with van der Waals surface area (Å²) in [6, 6.07) is 17.6. The molecule has 3 atom stereocenters. The van der Waals surface area contributed by atoms with E-state index in [0.717, 1.165) is 18.4 Å². The fraction of sp³-hybridized carbons (Fsp3) is 0.350. The number of fused-ring (bicyclic) bond motifs is 1. The molecule has 5 nitrogen and oxygen atoms in total. The predicted octanol–water partition coefficient (Wildman–Crippen LogP) is 2.50. The quantitative estimate of drug-likeness (QED) is 0.624. The lowest BCUT2D eigenvalue weighted by molar-refractivity contribution is 0.115. The van der Waals surface area contributed by atoms with E-state index in [0.29, 0.717) is 13.0 Å². The second-order valence-electron chi connectivity index (χ2n) is 6.51. The Labute approximate surface area is 147 Å². The number of amides is 1. The third-order valence-electron chi connectivity index (χ3n) is 4.78. The lowest BCUT2D eigenvalue weighted by Crippen LogP contribution is -2.48. The molecule has 0 spiro atoms. The molecular weight excluding hydrogens is 316 g/mol. The minimum atomic E-state index is -1.12. The lowest BCUT2D eigenvalue weighted by Gasteiger charge is -2.25. The number of aryl methyl sites for hydroxylation is 1. The molecule has 0 radical (unpaired) electrons. The Morgan fingerprint density at radius 1 is 1.12 bits per heavy atom. The van der Waals surface area contributed by atoms with Crippen molar-refractivity contribution >= 4 is 6.09 Å². The molecule has 0 aromatic heterocycles. The molecule has 2 aromatic rings. The van der Waals surface area contributed by atoms with E-state index >= 15 is 0 Å². The Morgan fingerprint density at radius 2 is 1.84 bits per heavy atom. The van der Waals surface area contributed by atoms with Gasteiger partial charge in [-0.2, -0.15) is 0 Å². The van der Waals surface area contributed by atoms with E-state index in [1.807, 2.05) is 42.5 Å². The van der Waals surface area contributed by atoms with E-state index in [1.165, 1.54) is 11.1 Å². The van der Waals surface area contributed by atoms with Crippen LogP contribution in [0.5, 0.6) is 0 Å². The molecule has 0 heterocycles. The summed E-state index contributed by atoms with van der Waals surface area (Å²) >= 11 is 0. The highest BCUT2D eigenvalue weighted by molar-refractivity contribution is 5.65. The summed E-state index contributed by atoms with van der Waals surface area (Å²) in [7, 11) is 0. The molecule has 0 bridgehead atoms. The van der Waals surface area contributed by atoms with E-state index in [2.05, 4.69) is 22.8 Å². The first-order valence-electron chi connectivity index (χ1n) is 8.66. The highest BCUT2D eigenvalue weighted by Crippen LogP contribution is 2.30. The Kier molecular flexibility index (Phi) is 5.68. The van der Waals surface area contributed by atoms with Crippen molar-refractivity contribution < 1.29 is 15.0 Å². The molecule has 3 rings (SSSR count). The van der Waals surface area contributed by atoms with Crippen LogP contribution in [0.15, 0.2) is 54.6 Å². The van der Waals surface area contributed by atoms with Crippen LogP contribution in [-0.2, 0) is 12.8 Å². The standard InChI is InChI=1S/C20H24N2O3/c23-19(13-21-17-11-10-15-8-4-5-9-16(15)17)18(22-20(24)25)12-14-6-2-1-3-7-14/h1-9,17-19,21-23H,10-13H2,(H,24,25)/t17?,18-,19+/m0/s1. The van der Waals surface area contributed by atoms with Crippen LogP contribution in [0.2, 0.25) is 0 Å². The molecule has 1 aliphatic carbocycles. The van der Waals surface area contributed by atoms with Gasteiger partial charge in [-0.25, -0.2) is 4.79 Å². The zero-order valence-corrected chi connectivity index (χ0v) is 14.1. The van der Waals surface area contributed by atoms with Gasteiger partial charge in [-0.1, -0.05) is 54.6 Å². The SMILES string of the molecule is O=C(O)N[C@@H](Cc1ccccc1)[C@H](O)CNC1CCc2ccccc21. The van der Waals surface area contributed by atoms with E-state index in [9.17, 15) is 9.90 Å². The average Bonchev–Trinajstić information content (AvgIpc) is 3.03. The van der Waals surface area contributed by atoms with Gasteiger partial charge >= 0.3 is 6.09 Å². The molecular formula is C20H24N2O3. The maximum Gasteiger partial charge on any atom is 0.404 e. The van der Waals surface area contributed by atoms with Crippen molar-refractivity contribution in [3.05, 3.63) is 71.3 Å². The molecule has 4 N–H and O–H groups in total. The van der Waals surface area contributed by atoms with Gasteiger partial charge in [-0.3, -0.25) is 0 Å². The number of aliphatic hydroxyl groups is 1. The highest BCUT2D eigenvalue weighted by Gasteiger charge is 2.25. The molecule has 1 aliphatic rings. The number of rotatable bonds is 7. The summed E-state index contributed by atoms with van der Waals surface area (Å²) in [5.74, 6) is 0. The summed E-state index contributed by atoms with van der Waals surface area (Å²) in [5, 5.41) is 25.5. The Hall–Kier alpha value is -2.37. The minimum absolute atomic E-state index is 0.216. The van der Waals surface area contributed by atoms with Crippen LogP contribution in [0, 0.1) is 0 Å². The number of aliphatic hydroxyl groups excluding tert-OH is 1. The zero-order chi connectivity index (χ0) is 17.6. The van der Waals surface area contributed by atoms with E-state index in [-0.39, 0.29) is 6.04 Å². The van der Waals surface area contributed by atoms with Gasteiger partial charge in [0.2, 0.25) is 0 Å². The van der Waals surface area contributed by atoms with Crippen LogP contribution in [0.25, 0.3) is 0 Å². The summed E-state index contributed by atoms with van der Waals surface area (Å²) < 4.78 is 0. The van der Waals surface area contributed by atoms with Crippen molar-refractivity contribution in [1.29, 1.82) is 0 Å². The fourth-order valence-electron chi connectivity index (χ4n) is 3.48. The monoisotopic (exact) mass is 340 g/mol. The smallest absolute Gasteiger partial charge is 0.404 e. The van der Waals surface area contributed by atoms with Gasteiger partial charge in [0.25, 0.3) is 0 Å². The normalized spacial score (nSPS) is 18.4. The summed E-state index contributed by atoms with van der Waals surface area (Å²) in [6.45, 7) is 0.344. The van der Waals surface area contributed by atoms with Crippen LogP contribution in [0.3, 0.4) is 0 Å². The van der Waals surface area contributed by atoms with Crippen LogP contribution < -0.4 is 10.6 Å². The number of hydrogen-bond donors (Lipinski definition) is 4. The van der Waals surface area contributed by atoms with Crippen molar-refractivity contribution in [2.75, 3.05) is 6.54 Å². The summed E-state index contributed by atoms with van der Waals surface area (Å²) in [6.07, 6.45) is 0.569. The van der Waals surface area contributed by atoms with E-state index in [4.69, 9.17) is 5.11 Å². The maximum absolute atomic E-state index is 11.1. The molecule has 1 amide bonds. The first-order chi connectivity index (χ1) is 12.1. The van der Waals surface area contributed by atoms with Crippen LogP contribution >= 0.6 is 0 Å². The van der Waals surface area contributed by atoms with Crippen molar-refractivity contribution in [1.82, 2.24) is 10.6 Å². The molecule has 0 fully saturated rings. The Morgan fingerprint density at radius 3 is 2.60 bits per heavy atom. The van der Waals surface area contributed by atoms with Gasteiger partial charge < -0.3 is 20.8 Å². The average molecular weight is 340 g/mol. The first kappa shape index (κ1) is 17.5. The number of benzene rings is 2. The molecule has 132 valence electrons. The minimum Gasteiger partial charge on any atom is -0.465 e. The fourth-order valence-corrected chi connectivity index (χ4v) is 3.48. The second-order valence-corrected chi connectivity index (χ2v) is 6.51. The number of hydrogen-bond acceptors (Lipinski definition) is 3. The summed E-state index contributed by atoms with van der Waals surface area (Å²) in [5.41, 5.74) is 3.62. The molecule has 2 aromatic carbocycles. The summed E-state index contributed by atoms with van der Waals surface area (Å²) in [4.78, 5) is 11.1. The van der Waals surface area contributed by atoms with E-state index in [1.54, 1.807) is 0 Å². The van der Waals surface area contributed by atoms with Crippen molar-refractivity contribution in [3.8, 4) is 0 Å². The molecule has 1 unspecified atom stereocenters. The van der Waals surface area contributed by atoms with Crippen molar-refractivity contribution in [2.24, 2.45) is 0 Å². The third-order valence-corrected chi connectivity index (χ3v) is 4.78. The number of carbonyl (C=O) groups is 1. The number of carboxylic acid groups (broad SMARTS) is 1. The second kappa shape index (κ2) is 8.14. The molecule has 5 heteroatoms. The van der Waals surface area contributed by atoms with E-state index < -0.39 is 18.2 Å². The van der Waals surface area contributed by atoms with Crippen LogP contribution in [0.1, 0.15) is 29.2 Å². The van der Waals surface area contributed by atoms with Crippen LogP contribution in [0.4, 0.5) is 4.79 Å². The van der Waals surface area contributed by atoms with Crippen molar-refractivity contribution in [3.63, 3.8) is 0 Å². The highest BCUT2D eigenvalue weighted by atomic mass is 16.4. The first-order valence-corrected chi connectivity index (χ1v) is 8.66. The van der Waals surface area contributed by atoms with Gasteiger partial charge in [0.05, 0.1) is 12.1 Å². The zero-order valence-electron chi connectivity index (χ0n) is 14.1. The molecule has 25 heavy (non-hydrogen) atoms. The Balaban J connectivity index is 1.60. The molecule has 0 aliphatic heterocycles. The van der Waals surface area contributed by atoms with Gasteiger partial charge in [-0.05, 0) is 36.0 Å². The van der Waals surface area contributed by atoms with Gasteiger partial charge in [0, 0.05) is 12.6 Å². The molecule has 0 saturated heterocycles. The molecule has 0 saturated carbocycles. The third kappa shape index (κ3) is 4.59. The predicted molar refractivity (Wildman–Crippen MR) is 96.6 cm³/mol. The maximum atomic E-state index is 11.1. The number of nitrogens with one attached hydrogen (secondary N) is 2. The lowest BCUT2D eigenvalue weighted by atomic mass is 10.0. The van der Waals surface area contributed by atoms with Gasteiger partial charge in [0.15, 0.2) is 0 Å². The van der Waals surface area contributed by atoms with Gasteiger partial charge in [-0.15, -0.1) is 0 Å². The topological polar surface area (TPSA) is 81.6 Å².